The van der Waals surface area contributed by atoms with Crippen LogP contribution in [0.25, 0.3) is 0 Å². The Morgan fingerprint density at radius 2 is 1.90 bits per heavy atom. The van der Waals surface area contributed by atoms with E-state index in [9.17, 15) is 14.4 Å². The molecule has 0 aromatic rings. The van der Waals surface area contributed by atoms with E-state index in [1.54, 1.807) is 7.11 Å². The molecule has 2 atom stereocenters. The number of carbonyl (C=O) groups is 3. The van der Waals surface area contributed by atoms with Crippen LogP contribution in [0.15, 0.2) is 0 Å². The molecule has 1 aliphatic heterocycles. The fourth-order valence-corrected chi connectivity index (χ4v) is 3.81. The maximum absolute atomic E-state index is 12.8. The van der Waals surface area contributed by atoms with Gasteiger partial charge in [-0.2, -0.15) is 0 Å². The molecule has 2 unspecified atom stereocenters. The molecule has 1 heterocycles. The van der Waals surface area contributed by atoms with Crippen molar-refractivity contribution in [3.8, 4) is 0 Å². The molecule has 2 aliphatic carbocycles. The number of barbiturate groups is 1. The Hall–Kier alpha value is -1.43. The van der Waals surface area contributed by atoms with Gasteiger partial charge in [0.2, 0.25) is 11.8 Å². The van der Waals surface area contributed by atoms with Gasteiger partial charge >= 0.3 is 6.03 Å². The first kappa shape index (κ1) is 13.5. The van der Waals surface area contributed by atoms with Crippen LogP contribution in [-0.4, -0.2) is 42.0 Å². The number of ether oxygens (including phenoxy) is 1. The predicted octanol–water partition coefficient (Wildman–Crippen LogP) is 1.19. The zero-order valence-electron chi connectivity index (χ0n) is 11.7. The molecule has 3 aliphatic rings. The van der Waals surface area contributed by atoms with Gasteiger partial charge in [-0.15, -0.1) is 0 Å². The molecule has 3 fully saturated rings. The molecule has 1 spiro atoms. The minimum Gasteiger partial charge on any atom is -0.381 e. The fourth-order valence-electron chi connectivity index (χ4n) is 3.81. The Bertz CT molecular complexity index is 456. The number of hydrogen-bond donors (Lipinski definition) is 1. The highest BCUT2D eigenvalue weighted by Gasteiger charge is 2.56. The van der Waals surface area contributed by atoms with E-state index in [-0.39, 0.29) is 18.1 Å². The molecule has 4 amide bonds. The van der Waals surface area contributed by atoms with E-state index in [0.717, 1.165) is 25.7 Å². The molecule has 0 radical (unpaired) electrons. The summed E-state index contributed by atoms with van der Waals surface area (Å²) in [6, 6.07) is -0.697. The zero-order chi connectivity index (χ0) is 14.3. The molecule has 0 aromatic heterocycles. The minimum atomic E-state index is -0.987. The van der Waals surface area contributed by atoms with Crippen LogP contribution in [0.1, 0.15) is 44.9 Å². The van der Waals surface area contributed by atoms with E-state index in [0.29, 0.717) is 19.3 Å². The highest BCUT2D eigenvalue weighted by Crippen LogP contribution is 2.43. The van der Waals surface area contributed by atoms with Gasteiger partial charge in [0, 0.05) is 13.2 Å². The van der Waals surface area contributed by atoms with Crippen molar-refractivity contribution in [1.29, 1.82) is 0 Å². The van der Waals surface area contributed by atoms with Gasteiger partial charge in [-0.1, -0.05) is 12.8 Å². The van der Waals surface area contributed by atoms with Crippen molar-refractivity contribution >= 4 is 17.8 Å². The number of rotatable bonds is 2. The lowest BCUT2D eigenvalue weighted by molar-refractivity contribution is -0.152. The van der Waals surface area contributed by atoms with Crippen LogP contribution in [0.3, 0.4) is 0 Å². The standard InChI is InChI=1S/C14H20N2O4/c1-20-10-5-4-9(8-10)16-12(18)14(6-2-3-7-14)11(17)15-13(16)19/h9-10H,2-8H2,1H3,(H,15,17,19). The van der Waals surface area contributed by atoms with Crippen molar-refractivity contribution in [2.75, 3.05) is 7.11 Å². The highest BCUT2D eigenvalue weighted by molar-refractivity contribution is 6.19. The number of urea groups is 1. The lowest BCUT2D eigenvalue weighted by Gasteiger charge is -2.39. The van der Waals surface area contributed by atoms with Gasteiger partial charge in [-0.3, -0.25) is 19.8 Å². The predicted molar refractivity (Wildman–Crippen MR) is 69.7 cm³/mol. The van der Waals surface area contributed by atoms with Crippen molar-refractivity contribution in [2.45, 2.75) is 57.1 Å². The van der Waals surface area contributed by atoms with Crippen LogP contribution in [0.5, 0.6) is 0 Å². The smallest absolute Gasteiger partial charge is 0.331 e. The summed E-state index contributed by atoms with van der Waals surface area (Å²) in [4.78, 5) is 38.2. The van der Waals surface area contributed by atoms with Crippen LogP contribution < -0.4 is 5.32 Å². The first-order chi connectivity index (χ1) is 9.58. The lowest BCUT2D eigenvalue weighted by Crippen LogP contribution is -2.65. The Kier molecular flexibility index (Phi) is 3.28. The molecule has 6 nitrogen and oxygen atoms in total. The van der Waals surface area contributed by atoms with Gasteiger partial charge in [-0.25, -0.2) is 4.79 Å². The van der Waals surface area contributed by atoms with Gasteiger partial charge in [0.1, 0.15) is 5.41 Å². The molecule has 0 aromatic carbocycles. The van der Waals surface area contributed by atoms with Crippen LogP contribution in [0.4, 0.5) is 4.79 Å². The molecule has 1 saturated heterocycles. The number of hydrogen-bond acceptors (Lipinski definition) is 4. The Labute approximate surface area is 117 Å². The quantitative estimate of drug-likeness (QED) is 0.771. The Morgan fingerprint density at radius 3 is 2.50 bits per heavy atom. The molecule has 1 N–H and O–H groups in total. The van der Waals surface area contributed by atoms with E-state index >= 15 is 0 Å². The SMILES string of the molecule is COC1CCC(N2C(=O)NC(=O)C3(CCCC3)C2=O)C1. The highest BCUT2D eigenvalue weighted by atomic mass is 16.5. The van der Waals surface area contributed by atoms with Crippen LogP contribution in [0.2, 0.25) is 0 Å². The normalized spacial score (nSPS) is 33.0. The molecular formula is C14H20N2O4. The summed E-state index contributed by atoms with van der Waals surface area (Å²) >= 11 is 0. The largest absolute Gasteiger partial charge is 0.381 e. The van der Waals surface area contributed by atoms with Gasteiger partial charge in [-0.05, 0) is 32.1 Å². The first-order valence-corrected chi connectivity index (χ1v) is 7.30. The first-order valence-electron chi connectivity index (χ1n) is 7.30. The molecule has 6 heteroatoms. The Balaban J connectivity index is 1.85. The van der Waals surface area contributed by atoms with E-state index in [2.05, 4.69) is 5.32 Å². The van der Waals surface area contributed by atoms with Crippen molar-refractivity contribution in [2.24, 2.45) is 5.41 Å². The molecular weight excluding hydrogens is 260 g/mol. The third kappa shape index (κ3) is 1.85. The minimum absolute atomic E-state index is 0.0951. The zero-order valence-corrected chi connectivity index (χ0v) is 11.7. The summed E-state index contributed by atoms with van der Waals surface area (Å²) in [6.07, 6.45) is 5.21. The van der Waals surface area contributed by atoms with Crippen LogP contribution in [0, 0.1) is 5.41 Å². The molecule has 2 saturated carbocycles. The third-order valence-corrected chi connectivity index (χ3v) is 5.01. The fraction of sp³-hybridized carbons (Fsp3) is 0.786. The second-order valence-corrected chi connectivity index (χ2v) is 6.05. The van der Waals surface area contributed by atoms with Gasteiger partial charge in [0.15, 0.2) is 0 Å². The van der Waals surface area contributed by atoms with E-state index in [4.69, 9.17) is 4.74 Å². The summed E-state index contributed by atoms with van der Waals surface area (Å²) in [5.41, 5.74) is -0.987. The number of nitrogens with one attached hydrogen (secondary N) is 1. The number of nitrogens with zero attached hydrogens (tertiary/aromatic N) is 1. The lowest BCUT2D eigenvalue weighted by atomic mass is 9.81. The molecule has 110 valence electrons. The maximum atomic E-state index is 12.8. The molecule has 20 heavy (non-hydrogen) atoms. The second kappa shape index (κ2) is 4.84. The van der Waals surface area contributed by atoms with Gasteiger partial charge in [0.25, 0.3) is 0 Å². The summed E-state index contributed by atoms with van der Waals surface area (Å²) in [5.74, 6) is -0.687. The number of methoxy groups -OCH3 is 1. The van der Waals surface area contributed by atoms with Gasteiger partial charge in [0.05, 0.1) is 6.10 Å². The van der Waals surface area contributed by atoms with E-state index in [1.807, 2.05) is 0 Å². The topological polar surface area (TPSA) is 75.7 Å². The summed E-state index contributed by atoms with van der Waals surface area (Å²) < 4.78 is 5.30. The Morgan fingerprint density at radius 1 is 1.20 bits per heavy atom. The van der Waals surface area contributed by atoms with Crippen molar-refractivity contribution in [3.63, 3.8) is 0 Å². The molecule has 3 rings (SSSR count). The van der Waals surface area contributed by atoms with E-state index in [1.165, 1.54) is 4.90 Å². The van der Waals surface area contributed by atoms with Crippen LogP contribution >= 0.6 is 0 Å². The third-order valence-electron chi connectivity index (χ3n) is 5.01. The van der Waals surface area contributed by atoms with E-state index < -0.39 is 17.4 Å². The van der Waals surface area contributed by atoms with Crippen molar-refractivity contribution in [3.05, 3.63) is 0 Å². The monoisotopic (exact) mass is 280 g/mol. The summed E-state index contributed by atoms with van der Waals surface area (Å²) in [7, 11) is 1.65. The average molecular weight is 280 g/mol. The molecule has 0 bridgehead atoms. The number of carbonyl (C=O) groups excluding carboxylic acids is 3. The maximum Gasteiger partial charge on any atom is 0.331 e. The summed E-state index contributed by atoms with van der Waals surface area (Å²) in [6.45, 7) is 0. The van der Waals surface area contributed by atoms with Crippen molar-refractivity contribution < 1.29 is 19.1 Å². The van der Waals surface area contributed by atoms with Gasteiger partial charge < -0.3 is 4.74 Å². The van der Waals surface area contributed by atoms with Crippen LogP contribution in [-0.2, 0) is 14.3 Å². The van der Waals surface area contributed by atoms with Crippen molar-refractivity contribution in [1.82, 2.24) is 10.2 Å². The summed E-state index contributed by atoms with van der Waals surface area (Å²) in [5, 5.41) is 2.39. The number of amides is 4. The second-order valence-electron chi connectivity index (χ2n) is 6.05. The number of imide groups is 2. The average Bonchev–Trinajstić information content (AvgIpc) is 3.07.